The monoisotopic (exact) mass is 308 g/mol. The first kappa shape index (κ1) is 16.3. The van der Waals surface area contributed by atoms with Crippen LogP contribution in [0.3, 0.4) is 0 Å². The van der Waals surface area contributed by atoms with Crippen molar-refractivity contribution in [1.29, 1.82) is 0 Å². The highest BCUT2D eigenvalue weighted by Crippen LogP contribution is 2.23. The zero-order chi connectivity index (χ0) is 15.2. The second-order valence-corrected chi connectivity index (χ2v) is 6.60. The van der Waals surface area contributed by atoms with Crippen molar-refractivity contribution in [1.82, 2.24) is 10.2 Å². The van der Waals surface area contributed by atoms with Gasteiger partial charge in [-0.05, 0) is 55.5 Å². The van der Waals surface area contributed by atoms with Gasteiger partial charge in [-0.25, -0.2) is 0 Å². The van der Waals surface area contributed by atoms with E-state index in [-0.39, 0.29) is 5.91 Å². The van der Waals surface area contributed by atoms with Crippen molar-refractivity contribution in [2.45, 2.75) is 32.7 Å². The summed E-state index contributed by atoms with van der Waals surface area (Å²) in [4.78, 5) is 14.2. The summed E-state index contributed by atoms with van der Waals surface area (Å²) in [5, 5.41) is 4.14. The summed E-state index contributed by atoms with van der Waals surface area (Å²) in [6.45, 7) is 4.98. The molecule has 1 heterocycles. The third-order valence-electron chi connectivity index (χ3n) is 4.37. The molecule has 4 heteroatoms. The molecule has 1 aliphatic rings. The van der Waals surface area contributed by atoms with Gasteiger partial charge in [-0.3, -0.25) is 4.79 Å². The second-order valence-electron chi connectivity index (χ2n) is 6.17. The molecule has 0 bridgehead atoms. The molecule has 1 amide bonds. The molecule has 2 unspecified atom stereocenters. The van der Waals surface area contributed by atoms with E-state index in [0.717, 1.165) is 23.7 Å². The lowest BCUT2D eigenvalue weighted by Gasteiger charge is -2.29. The maximum absolute atomic E-state index is 12.4. The van der Waals surface area contributed by atoms with Gasteiger partial charge in [0.05, 0.1) is 0 Å². The molecule has 0 saturated carbocycles. The van der Waals surface area contributed by atoms with Crippen LogP contribution in [0.4, 0.5) is 0 Å². The summed E-state index contributed by atoms with van der Waals surface area (Å²) in [6.07, 6.45) is 3.09. The quantitative estimate of drug-likeness (QED) is 0.905. The van der Waals surface area contributed by atoms with Crippen molar-refractivity contribution in [2.75, 3.05) is 20.1 Å². The molecule has 21 heavy (non-hydrogen) atoms. The molecule has 1 fully saturated rings. The molecule has 1 N–H and O–H groups in total. The Bertz CT molecular complexity index is 472. The third kappa shape index (κ3) is 5.01. The smallest absolute Gasteiger partial charge is 0.222 e. The van der Waals surface area contributed by atoms with E-state index >= 15 is 0 Å². The number of nitrogens with one attached hydrogen (secondary N) is 1. The van der Waals surface area contributed by atoms with Gasteiger partial charge < -0.3 is 10.2 Å². The van der Waals surface area contributed by atoms with Crippen molar-refractivity contribution >= 4 is 17.5 Å². The molecule has 2 atom stereocenters. The Morgan fingerprint density at radius 1 is 1.52 bits per heavy atom. The number of carbonyl (C=O) groups excluding carboxylic acids is 1. The Balaban J connectivity index is 1.84. The molecule has 0 radical (unpaired) electrons. The molecular weight excluding hydrogens is 284 g/mol. The zero-order valence-electron chi connectivity index (χ0n) is 12.9. The molecule has 3 nitrogen and oxygen atoms in total. The van der Waals surface area contributed by atoms with Crippen molar-refractivity contribution in [3.8, 4) is 0 Å². The number of rotatable bonds is 5. The number of piperidine rings is 1. The van der Waals surface area contributed by atoms with Crippen LogP contribution >= 0.6 is 11.6 Å². The molecule has 1 aromatic carbocycles. The minimum atomic E-state index is 0.216. The Morgan fingerprint density at radius 2 is 2.33 bits per heavy atom. The maximum Gasteiger partial charge on any atom is 0.222 e. The fourth-order valence-corrected chi connectivity index (χ4v) is 3.17. The average molecular weight is 309 g/mol. The van der Waals surface area contributed by atoms with Crippen LogP contribution in [0, 0.1) is 11.8 Å². The largest absolute Gasteiger partial charge is 0.341 e. The molecule has 0 aromatic heterocycles. The summed E-state index contributed by atoms with van der Waals surface area (Å²) in [5.74, 6) is 1.28. The van der Waals surface area contributed by atoms with Crippen molar-refractivity contribution in [3.63, 3.8) is 0 Å². The van der Waals surface area contributed by atoms with E-state index in [0.29, 0.717) is 24.8 Å². The van der Waals surface area contributed by atoms with E-state index < -0.39 is 0 Å². The summed E-state index contributed by atoms with van der Waals surface area (Å²) < 4.78 is 0. The highest BCUT2D eigenvalue weighted by molar-refractivity contribution is 6.30. The Labute approximate surface area is 132 Å². The van der Waals surface area contributed by atoms with E-state index in [1.807, 2.05) is 31.3 Å². The lowest BCUT2D eigenvalue weighted by molar-refractivity contribution is -0.131. The summed E-state index contributed by atoms with van der Waals surface area (Å²) in [5.41, 5.74) is 1.07. The molecule has 0 spiro atoms. The summed E-state index contributed by atoms with van der Waals surface area (Å²) >= 11 is 5.98. The predicted octanol–water partition coefficient (Wildman–Crippen LogP) is 3.32. The van der Waals surface area contributed by atoms with Gasteiger partial charge in [-0.1, -0.05) is 30.7 Å². The van der Waals surface area contributed by atoms with Crippen LogP contribution in [-0.4, -0.2) is 30.9 Å². The molecular formula is C17H25ClN2O. The van der Waals surface area contributed by atoms with Crippen molar-refractivity contribution in [2.24, 2.45) is 11.8 Å². The first-order valence-corrected chi connectivity index (χ1v) is 8.13. The fraction of sp³-hybridized carbons (Fsp3) is 0.588. The number of nitrogens with zero attached hydrogens (tertiary/aromatic N) is 1. The standard InChI is InChI=1S/C17H25ClN2O/c1-13(15-6-4-8-19-11-15)9-17(21)20(2)12-14-5-3-7-16(18)10-14/h3,5,7,10,13,15,19H,4,6,8-9,11-12H2,1-2H3. The topological polar surface area (TPSA) is 32.3 Å². The van der Waals surface area contributed by atoms with E-state index in [4.69, 9.17) is 11.6 Å². The Hall–Kier alpha value is -1.06. The van der Waals surface area contributed by atoms with Crippen LogP contribution in [0.5, 0.6) is 0 Å². The van der Waals surface area contributed by atoms with Crippen molar-refractivity contribution in [3.05, 3.63) is 34.9 Å². The molecule has 0 aliphatic carbocycles. The molecule has 1 saturated heterocycles. The van der Waals surface area contributed by atoms with Crippen LogP contribution in [0.25, 0.3) is 0 Å². The number of hydrogen-bond acceptors (Lipinski definition) is 2. The van der Waals surface area contributed by atoms with Gasteiger partial charge in [0.2, 0.25) is 5.91 Å². The van der Waals surface area contributed by atoms with E-state index in [1.165, 1.54) is 12.8 Å². The van der Waals surface area contributed by atoms with Gasteiger partial charge in [0.15, 0.2) is 0 Å². The Kier molecular flexibility index (Phi) is 6.07. The number of amides is 1. The fourth-order valence-electron chi connectivity index (χ4n) is 2.96. The lowest BCUT2D eigenvalue weighted by atomic mass is 9.85. The first-order chi connectivity index (χ1) is 10.1. The van der Waals surface area contributed by atoms with Gasteiger partial charge in [0.1, 0.15) is 0 Å². The highest BCUT2D eigenvalue weighted by Gasteiger charge is 2.23. The van der Waals surface area contributed by atoms with Gasteiger partial charge in [-0.2, -0.15) is 0 Å². The van der Waals surface area contributed by atoms with Crippen LogP contribution in [0.2, 0.25) is 5.02 Å². The summed E-state index contributed by atoms with van der Waals surface area (Å²) in [6, 6.07) is 7.70. The second kappa shape index (κ2) is 7.81. The minimum Gasteiger partial charge on any atom is -0.341 e. The van der Waals surface area contributed by atoms with E-state index in [1.54, 1.807) is 4.90 Å². The molecule has 2 rings (SSSR count). The average Bonchev–Trinajstić information content (AvgIpc) is 2.48. The molecule has 116 valence electrons. The number of benzene rings is 1. The highest BCUT2D eigenvalue weighted by atomic mass is 35.5. The maximum atomic E-state index is 12.4. The van der Waals surface area contributed by atoms with Gasteiger partial charge >= 0.3 is 0 Å². The van der Waals surface area contributed by atoms with Gasteiger partial charge in [0, 0.05) is 25.0 Å². The van der Waals surface area contributed by atoms with E-state index in [9.17, 15) is 4.79 Å². The molecule has 1 aliphatic heterocycles. The number of carbonyl (C=O) groups is 1. The van der Waals surface area contributed by atoms with Crippen molar-refractivity contribution < 1.29 is 4.79 Å². The Morgan fingerprint density at radius 3 is 3.00 bits per heavy atom. The lowest BCUT2D eigenvalue weighted by Crippen LogP contribution is -2.36. The van der Waals surface area contributed by atoms with Gasteiger partial charge in [0.25, 0.3) is 0 Å². The predicted molar refractivity (Wildman–Crippen MR) is 87.3 cm³/mol. The minimum absolute atomic E-state index is 0.216. The zero-order valence-corrected chi connectivity index (χ0v) is 13.7. The van der Waals surface area contributed by atoms with Gasteiger partial charge in [-0.15, -0.1) is 0 Å². The first-order valence-electron chi connectivity index (χ1n) is 7.75. The van der Waals surface area contributed by atoms with Crippen LogP contribution < -0.4 is 5.32 Å². The van der Waals surface area contributed by atoms with E-state index in [2.05, 4.69) is 12.2 Å². The van der Waals surface area contributed by atoms with Crippen LogP contribution in [0.1, 0.15) is 31.7 Å². The molecule has 1 aromatic rings. The number of hydrogen-bond donors (Lipinski definition) is 1. The normalized spacial score (nSPS) is 20.0. The SMILES string of the molecule is CC(CC(=O)N(C)Cc1cccc(Cl)c1)C1CCCNC1. The van der Waals surface area contributed by atoms with Crippen LogP contribution in [-0.2, 0) is 11.3 Å². The van der Waals surface area contributed by atoms with Crippen LogP contribution in [0.15, 0.2) is 24.3 Å². The third-order valence-corrected chi connectivity index (χ3v) is 4.61. The summed E-state index contributed by atoms with van der Waals surface area (Å²) in [7, 11) is 1.87. The number of halogens is 1.